The van der Waals surface area contributed by atoms with Gasteiger partial charge in [0.15, 0.2) is 0 Å². The molecule has 0 aliphatic rings. The summed E-state index contributed by atoms with van der Waals surface area (Å²) >= 11 is 3.46. The third-order valence-corrected chi connectivity index (χ3v) is 2.59. The highest BCUT2D eigenvalue weighted by Gasteiger charge is 2.03. The highest BCUT2D eigenvalue weighted by atomic mass is 79.9. The molecule has 1 aromatic carbocycles. The van der Waals surface area contributed by atoms with E-state index in [1.165, 1.54) is 11.1 Å². The van der Waals surface area contributed by atoms with E-state index in [4.69, 9.17) is 5.73 Å². The van der Waals surface area contributed by atoms with Gasteiger partial charge < -0.3 is 10.7 Å². The second-order valence-electron chi connectivity index (χ2n) is 3.19. The molecule has 1 aromatic heterocycles. The molecular weight excluding hydrogens is 228 g/mol. The molecule has 0 radical (unpaired) electrons. The Hall–Kier alpha value is -0.800. The summed E-state index contributed by atoms with van der Waals surface area (Å²) in [6, 6.07) is 6.27. The Morgan fingerprint density at radius 3 is 2.85 bits per heavy atom. The third kappa shape index (κ3) is 1.49. The molecular formula is C10H11BrN2. The molecule has 0 saturated carbocycles. The van der Waals surface area contributed by atoms with E-state index in [1.54, 1.807) is 0 Å². The van der Waals surface area contributed by atoms with E-state index in [9.17, 15) is 0 Å². The van der Waals surface area contributed by atoms with Crippen molar-refractivity contribution >= 4 is 26.8 Å². The Morgan fingerprint density at radius 1 is 1.38 bits per heavy atom. The first-order valence-electron chi connectivity index (χ1n) is 4.18. The first-order chi connectivity index (χ1) is 6.20. The standard InChI is InChI=1S/C10H11BrN2/c1-6-2-7-3-9(11)4-8(5-12)10(7)13-6/h2-4,13H,5,12H2,1H3. The molecule has 2 aromatic rings. The van der Waals surface area contributed by atoms with E-state index in [0.717, 1.165) is 15.6 Å². The number of H-pyrrole nitrogens is 1. The van der Waals surface area contributed by atoms with Crippen molar-refractivity contribution in [3.05, 3.63) is 33.9 Å². The third-order valence-electron chi connectivity index (χ3n) is 2.13. The number of hydrogen-bond donors (Lipinski definition) is 2. The minimum atomic E-state index is 0.565. The number of fused-ring (bicyclic) bond motifs is 1. The van der Waals surface area contributed by atoms with Gasteiger partial charge in [0.2, 0.25) is 0 Å². The van der Waals surface area contributed by atoms with Gasteiger partial charge in [0.1, 0.15) is 0 Å². The average Bonchev–Trinajstić information content (AvgIpc) is 2.43. The van der Waals surface area contributed by atoms with Crippen LogP contribution in [0, 0.1) is 6.92 Å². The van der Waals surface area contributed by atoms with Gasteiger partial charge >= 0.3 is 0 Å². The molecule has 0 spiro atoms. The SMILES string of the molecule is Cc1cc2cc(Br)cc(CN)c2[nH]1. The Balaban J connectivity index is 2.80. The summed E-state index contributed by atoms with van der Waals surface area (Å²) in [5.74, 6) is 0. The molecule has 3 N–H and O–H groups in total. The van der Waals surface area contributed by atoms with E-state index in [1.807, 2.05) is 6.92 Å². The fourth-order valence-corrected chi connectivity index (χ4v) is 2.10. The quantitative estimate of drug-likeness (QED) is 0.789. The normalized spacial score (nSPS) is 11.0. The molecule has 68 valence electrons. The van der Waals surface area contributed by atoms with Crippen molar-refractivity contribution in [2.24, 2.45) is 5.73 Å². The van der Waals surface area contributed by atoms with E-state index >= 15 is 0 Å². The molecule has 0 amide bonds. The van der Waals surface area contributed by atoms with Crippen LogP contribution in [0.5, 0.6) is 0 Å². The Kier molecular flexibility index (Phi) is 2.14. The fraction of sp³-hybridized carbons (Fsp3) is 0.200. The van der Waals surface area contributed by atoms with Crippen LogP contribution in [-0.2, 0) is 6.54 Å². The van der Waals surface area contributed by atoms with Crippen molar-refractivity contribution in [1.29, 1.82) is 0 Å². The molecule has 0 saturated heterocycles. The predicted octanol–water partition coefficient (Wildman–Crippen LogP) is 2.70. The van der Waals surface area contributed by atoms with Gasteiger partial charge in [-0.3, -0.25) is 0 Å². The van der Waals surface area contributed by atoms with E-state index in [-0.39, 0.29) is 0 Å². The molecule has 13 heavy (non-hydrogen) atoms. The van der Waals surface area contributed by atoms with E-state index < -0.39 is 0 Å². The summed E-state index contributed by atoms with van der Waals surface area (Å²) in [6.07, 6.45) is 0. The second-order valence-corrected chi connectivity index (χ2v) is 4.10. The topological polar surface area (TPSA) is 41.8 Å². The summed E-state index contributed by atoms with van der Waals surface area (Å²) in [7, 11) is 0. The van der Waals surface area contributed by atoms with E-state index in [2.05, 4.69) is 39.1 Å². The first kappa shape index (κ1) is 8.78. The van der Waals surface area contributed by atoms with Gasteiger partial charge in [-0.05, 0) is 30.7 Å². The van der Waals surface area contributed by atoms with Crippen LogP contribution >= 0.6 is 15.9 Å². The first-order valence-corrected chi connectivity index (χ1v) is 4.98. The molecule has 0 aliphatic carbocycles. The maximum Gasteiger partial charge on any atom is 0.0502 e. The molecule has 3 heteroatoms. The predicted molar refractivity (Wildman–Crippen MR) is 58.6 cm³/mol. The van der Waals surface area contributed by atoms with Gasteiger partial charge in [0.25, 0.3) is 0 Å². The largest absolute Gasteiger partial charge is 0.358 e. The number of rotatable bonds is 1. The van der Waals surface area contributed by atoms with Crippen molar-refractivity contribution < 1.29 is 0 Å². The number of aryl methyl sites for hydroxylation is 1. The van der Waals surface area contributed by atoms with Crippen LogP contribution in [0.4, 0.5) is 0 Å². The maximum atomic E-state index is 5.65. The van der Waals surface area contributed by atoms with Gasteiger partial charge in [0.05, 0.1) is 5.52 Å². The summed E-state index contributed by atoms with van der Waals surface area (Å²) in [5.41, 5.74) is 9.13. The lowest BCUT2D eigenvalue weighted by atomic mass is 10.1. The van der Waals surface area contributed by atoms with Gasteiger partial charge in [-0.25, -0.2) is 0 Å². The summed E-state index contributed by atoms with van der Waals surface area (Å²) < 4.78 is 1.08. The van der Waals surface area contributed by atoms with Crippen LogP contribution in [0.25, 0.3) is 10.9 Å². The molecule has 0 bridgehead atoms. The molecule has 2 nitrogen and oxygen atoms in total. The monoisotopic (exact) mass is 238 g/mol. The number of benzene rings is 1. The Labute approximate surface area is 85.3 Å². The van der Waals surface area contributed by atoms with E-state index in [0.29, 0.717) is 6.54 Å². The summed E-state index contributed by atoms with van der Waals surface area (Å²) in [4.78, 5) is 3.30. The van der Waals surface area contributed by atoms with Crippen molar-refractivity contribution in [1.82, 2.24) is 4.98 Å². The number of aromatic amines is 1. The van der Waals surface area contributed by atoms with Crippen molar-refractivity contribution in [3.63, 3.8) is 0 Å². The molecule has 0 aliphatic heterocycles. The van der Waals surface area contributed by atoms with Crippen LogP contribution in [0.1, 0.15) is 11.3 Å². The number of halogens is 1. The van der Waals surface area contributed by atoms with Crippen molar-refractivity contribution in [2.45, 2.75) is 13.5 Å². The highest BCUT2D eigenvalue weighted by molar-refractivity contribution is 9.10. The average molecular weight is 239 g/mol. The lowest BCUT2D eigenvalue weighted by molar-refractivity contribution is 1.08. The number of nitrogens with one attached hydrogen (secondary N) is 1. The smallest absolute Gasteiger partial charge is 0.0502 e. The fourth-order valence-electron chi connectivity index (χ4n) is 1.58. The van der Waals surface area contributed by atoms with Crippen LogP contribution in [-0.4, -0.2) is 4.98 Å². The van der Waals surface area contributed by atoms with Crippen LogP contribution in [0.15, 0.2) is 22.7 Å². The Morgan fingerprint density at radius 2 is 2.15 bits per heavy atom. The van der Waals surface area contributed by atoms with Crippen LogP contribution < -0.4 is 5.73 Å². The minimum Gasteiger partial charge on any atom is -0.358 e. The van der Waals surface area contributed by atoms with Gasteiger partial charge in [0, 0.05) is 22.1 Å². The lowest BCUT2D eigenvalue weighted by Crippen LogP contribution is -1.97. The summed E-state index contributed by atoms with van der Waals surface area (Å²) in [5, 5.41) is 1.22. The van der Waals surface area contributed by atoms with Gasteiger partial charge in [-0.1, -0.05) is 15.9 Å². The minimum absolute atomic E-state index is 0.565. The van der Waals surface area contributed by atoms with Crippen molar-refractivity contribution in [2.75, 3.05) is 0 Å². The molecule has 1 heterocycles. The number of hydrogen-bond acceptors (Lipinski definition) is 1. The van der Waals surface area contributed by atoms with Crippen LogP contribution in [0.2, 0.25) is 0 Å². The molecule has 0 fully saturated rings. The van der Waals surface area contributed by atoms with Gasteiger partial charge in [-0.2, -0.15) is 0 Å². The molecule has 2 rings (SSSR count). The van der Waals surface area contributed by atoms with Crippen LogP contribution in [0.3, 0.4) is 0 Å². The molecule has 0 unspecified atom stereocenters. The molecule has 0 atom stereocenters. The highest BCUT2D eigenvalue weighted by Crippen LogP contribution is 2.24. The zero-order valence-corrected chi connectivity index (χ0v) is 8.98. The number of aromatic nitrogens is 1. The van der Waals surface area contributed by atoms with Gasteiger partial charge in [-0.15, -0.1) is 0 Å². The maximum absolute atomic E-state index is 5.65. The zero-order chi connectivity index (χ0) is 9.42. The lowest BCUT2D eigenvalue weighted by Gasteiger charge is -2.00. The second kappa shape index (κ2) is 3.16. The van der Waals surface area contributed by atoms with Crippen molar-refractivity contribution in [3.8, 4) is 0 Å². The summed E-state index contributed by atoms with van der Waals surface area (Å²) in [6.45, 7) is 2.62. The zero-order valence-electron chi connectivity index (χ0n) is 7.39. The number of nitrogens with two attached hydrogens (primary N) is 1. The Bertz CT molecular complexity index is 445.